The molecule has 1 aromatic rings. The van der Waals surface area contributed by atoms with Gasteiger partial charge in [-0.1, -0.05) is 20.8 Å². The Morgan fingerprint density at radius 1 is 1.27 bits per heavy atom. The lowest BCUT2D eigenvalue weighted by Crippen LogP contribution is -2.56. The van der Waals surface area contributed by atoms with Crippen LogP contribution in [0.1, 0.15) is 26.6 Å². The maximum atomic E-state index is 12.4. The molecule has 2 fully saturated rings. The van der Waals surface area contributed by atoms with Crippen LogP contribution in [0.5, 0.6) is 0 Å². The molecule has 0 spiro atoms. The van der Waals surface area contributed by atoms with Crippen molar-refractivity contribution in [2.45, 2.75) is 26.2 Å². The Labute approximate surface area is 131 Å². The van der Waals surface area contributed by atoms with Gasteiger partial charge in [0.05, 0.1) is 19.1 Å². The summed E-state index contributed by atoms with van der Waals surface area (Å²) in [5, 5.41) is 0. The van der Waals surface area contributed by atoms with Crippen LogP contribution in [0.3, 0.4) is 0 Å². The Morgan fingerprint density at radius 3 is 2.59 bits per heavy atom. The third-order valence-corrected chi connectivity index (χ3v) is 4.19. The van der Waals surface area contributed by atoms with E-state index >= 15 is 0 Å². The highest BCUT2D eigenvalue weighted by Gasteiger charge is 2.36. The van der Waals surface area contributed by atoms with E-state index in [1.165, 1.54) is 0 Å². The number of hydrogen-bond donors (Lipinski definition) is 0. The Bertz CT molecular complexity index is 543. The molecule has 1 aromatic heterocycles. The molecule has 6 heteroatoms. The van der Waals surface area contributed by atoms with Crippen molar-refractivity contribution in [2.75, 3.05) is 44.3 Å². The minimum absolute atomic E-state index is 0.0656. The van der Waals surface area contributed by atoms with Crippen molar-refractivity contribution in [3.63, 3.8) is 0 Å². The van der Waals surface area contributed by atoms with Crippen LogP contribution in [0.4, 0.5) is 5.82 Å². The lowest BCUT2D eigenvalue weighted by atomic mass is 9.95. The average Bonchev–Trinajstić information content (AvgIpc) is 2.46. The largest absolute Gasteiger partial charge is 0.378 e. The molecular weight excluding hydrogens is 280 g/mol. The average molecular weight is 304 g/mol. The molecule has 0 bridgehead atoms. The number of carbonyl (C=O) groups is 1. The topological polar surface area (TPSA) is 58.6 Å². The van der Waals surface area contributed by atoms with Crippen LogP contribution < -0.4 is 4.90 Å². The van der Waals surface area contributed by atoms with Crippen molar-refractivity contribution in [3.8, 4) is 0 Å². The van der Waals surface area contributed by atoms with Crippen molar-refractivity contribution in [3.05, 3.63) is 18.1 Å². The zero-order valence-corrected chi connectivity index (χ0v) is 13.6. The lowest BCUT2D eigenvalue weighted by Gasteiger charge is -2.42. The zero-order valence-electron chi connectivity index (χ0n) is 13.6. The predicted molar refractivity (Wildman–Crippen MR) is 83.8 cm³/mol. The Morgan fingerprint density at radius 2 is 1.95 bits per heavy atom. The van der Waals surface area contributed by atoms with Crippen molar-refractivity contribution in [1.82, 2.24) is 14.9 Å². The molecule has 0 aromatic carbocycles. The first kappa shape index (κ1) is 15.2. The monoisotopic (exact) mass is 304 g/mol. The predicted octanol–water partition coefficient (Wildman–Crippen LogP) is 1.07. The van der Waals surface area contributed by atoms with Gasteiger partial charge in [-0.05, 0) is 6.07 Å². The van der Waals surface area contributed by atoms with Gasteiger partial charge in [-0.3, -0.25) is 4.79 Å². The number of nitrogens with zero attached hydrogens (tertiary/aromatic N) is 4. The molecule has 0 saturated carbocycles. The van der Waals surface area contributed by atoms with Crippen LogP contribution in [-0.2, 0) is 14.9 Å². The van der Waals surface area contributed by atoms with Gasteiger partial charge in [0.15, 0.2) is 0 Å². The molecule has 2 aliphatic rings. The van der Waals surface area contributed by atoms with E-state index in [2.05, 4.69) is 35.6 Å². The summed E-state index contributed by atoms with van der Waals surface area (Å²) in [6, 6.07) is 1.92. The van der Waals surface area contributed by atoms with E-state index < -0.39 is 0 Å². The number of anilines is 1. The van der Waals surface area contributed by atoms with E-state index in [0.717, 1.165) is 37.8 Å². The first-order chi connectivity index (χ1) is 10.4. The van der Waals surface area contributed by atoms with Crippen LogP contribution in [0.15, 0.2) is 12.3 Å². The van der Waals surface area contributed by atoms with Gasteiger partial charge in [0, 0.05) is 37.8 Å². The van der Waals surface area contributed by atoms with E-state index in [1.54, 1.807) is 6.20 Å². The summed E-state index contributed by atoms with van der Waals surface area (Å²) in [5.74, 6) is 2.11. The fourth-order valence-electron chi connectivity index (χ4n) is 2.75. The Hall–Kier alpha value is -1.69. The van der Waals surface area contributed by atoms with E-state index in [0.29, 0.717) is 13.2 Å². The van der Waals surface area contributed by atoms with Gasteiger partial charge < -0.3 is 14.5 Å². The fourth-order valence-corrected chi connectivity index (χ4v) is 2.75. The highest BCUT2D eigenvalue weighted by atomic mass is 16.5. The molecule has 2 aliphatic heterocycles. The molecule has 0 radical (unpaired) electrons. The molecule has 0 atom stereocenters. The number of carbonyl (C=O) groups excluding carboxylic acids is 1. The van der Waals surface area contributed by atoms with Gasteiger partial charge in [0.1, 0.15) is 11.6 Å². The first-order valence-corrected chi connectivity index (χ1v) is 7.90. The number of hydrogen-bond acceptors (Lipinski definition) is 5. The minimum Gasteiger partial charge on any atom is -0.378 e. The van der Waals surface area contributed by atoms with E-state index in [-0.39, 0.29) is 17.2 Å². The van der Waals surface area contributed by atoms with Gasteiger partial charge in [-0.2, -0.15) is 0 Å². The maximum Gasteiger partial charge on any atom is 0.229 e. The normalized spacial score (nSPS) is 20.0. The van der Waals surface area contributed by atoms with Crippen molar-refractivity contribution >= 4 is 11.7 Å². The molecule has 3 rings (SSSR count). The molecule has 0 aliphatic carbocycles. The summed E-state index contributed by atoms with van der Waals surface area (Å²) in [4.78, 5) is 25.5. The second-order valence-electron chi connectivity index (χ2n) is 7.03. The zero-order chi connectivity index (χ0) is 15.7. The second-order valence-corrected chi connectivity index (χ2v) is 7.03. The summed E-state index contributed by atoms with van der Waals surface area (Å²) < 4.78 is 5.30. The molecule has 2 saturated heterocycles. The highest BCUT2D eigenvalue weighted by Crippen LogP contribution is 2.26. The molecule has 3 heterocycles. The minimum atomic E-state index is -0.0656. The van der Waals surface area contributed by atoms with Gasteiger partial charge in [0.2, 0.25) is 5.91 Å². The lowest BCUT2D eigenvalue weighted by molar-refractivity contribution is -0.140. The Kier molecular flexibility index (Phi) is 4.04. The number of amides is 1. The van der Waals surface area contributed by atoms with Crippen LogP contribution in [-0.4, -0.2) is 60.2 Å². The molecule has 0 N–H and O–H groups in total. The van der Waals surface area contributed by atoms with Crippen LogP contribution >= 0.6 is 0 Å². The SMILES string of the molecule is CC(C)(C)c1nccc(N2CC(C(=O)N3CCOCC3)C2)n1. The van der Waals surface area contributed by atoms with Crippen LogP contribution in [0, 0.1) is 5.92 Å². The highest BCUT2D eigenvalue weighted by molar-refractivity contribution is 5.82. The molecule has 22 heavy (non-hydrogen) atoms. The molecular formula is C16H24N4O2. The van der Waals surface area contributed by atoms with E-state index in [9.17, 15) is 4.79 Å². The third-order valence-electron chi connectivity index (χ3n) is 4.19. The fraction of sp³-hybridized carbons (Fsp3) is 0.688. The summed E-state index contributed by atoms with van der Waals surface area (Å²) >= 11 is 0. The molecule has 120 valence electrons. The summed E-state index contributed by atoms with van der Waals surface area (Å²) in [6.07, 6.45) is 1.81. The first-order valence-electron chi connectivity index (χ1n) is 7.90. The van der Waals surface area contributed by atoms with Gasteiger partial charge in [0.25, 0.3) is 0 Å². The molecule has 6 nitrogen and oxygen atoms in total. The number of rotatable bonds is 2. The van der Waals surface area contributed by atoms with Crippen molar-refractivity contribution in [1.29, 1.82) is 0 Å². The quantitative estimate of drug-likeness (QED) is 0.818. The standard InChI is InChI=1S/C16H24N4O2/c1-16(2,3)15-17-5-4-13(18-15)20-10-12(11-20)14(21)19-6-8-22-9-7-19/h4-5,12H,6-11H2,1-3H3. The van der Waals surface area contributed by atoms with Crippen LogP contribution in [0.2, 0.25) is 0 Å². The number of ether oxygens (including phenoxy) is 1. The molecule has 0 unspecified atom stereocenters. The molecule has 1 amide bonds. The van der Waals surface area contributed by atoms with Gasteiger partial charge in [-0.25, -0.2) is 9.97 Å². The Balaban J connectivity index is 1.60. The van der Waals surface area contributed by atoms with Crippen molar-refractivity contribution in [2.24, 2.45) is 5.92 Å². The van der Waals surface area contributed by atoms with Crippen molar-refractivity contribution < 1.29 is 9.53 Å². The summed E-state index contributed by atoms with van der Waals surface area (Å²) in [7, 11) is 0. The summed E-state index contributed by atoms with van der Waals surface area (Å²) in [6.45, 7) is 10.6. The van der Waals surface area contributed by atoms with Gasteiger partial charge in [-0.15, -0.1) is 0 Å². The second kappa shape index (κ2) is 5.83. The van der Waals surface area contributed by atoms with E-state index in [4.69, 9.17) is 4.74 Å². The summed E-state index contributed by atoms with van der Waals surface area (Å²) in [5.41, 5.74) is -0.0656. The van der Waals surface area contributed by atoms with E-state index in [1.807, 2.05) is 11.0 Å². The maximum absolute atomic E-state index is 12.4. The van der Waals surface area contributed by atoms with Crippen LogP contribution in [0.25, 0.3) is 0 Å². The van der Waals surface area contributed by atoms with Gasteiger partial charge >= 0.3 is 0 Å². The third kappa shape index (κ3) is 3.06. The smallest absolute Gasteiger partial charge is 0.229 e. The number of aromatic nitrogens is 2. The number of morpholine rings is 1.